The molecule has 0 saturated heterocycles. The third-order valence-electron chi connectivity index (χ3n) is 3.17. The van der Waals surface area contributed by atoms with Gasteiger partial charge in [0.2, 0.25) is 5.91 Å². The third-order valence-corrected chi connectivity index (χ3v) is 3.17. The van der Waals surface area contributed by atoms with E-state index in [0.29, 0.717) is 5.92 Å². The van der Waals surface area contributed by atoms with Crippen LogP contribution in [0.2, 0.25) is 0 Å². The fraction of sp³-hybridized carbons (Fsp3) is 0.562. The van der Waals surface area contributed by atoms with E-state index < -0.39 is 6.04 Å². The van der Waals surface area contributed by atoms with E-state index >= 15 is 0 Å². The number of hydrogen-bond donors (Lipinski definition) is 2. The Morgan fingerprint density at radius 1 is 1.24 bits per heavy atom. The van der Waals surface area contributed by atoms with Crippen LogP contribution in [0, 0.1) is 5.92 Å². The molecular formula is C16H27ClN2O2. The minimum atomic E-state index is -0.623. The Morgan fingerprint density at radius 3 is 2.29 bits per heavy atom. The van der Waals surface area contributed by atoms with E-state index in [1.54, 1.807) is 0 Å². The van der Waals surface area contributed by atoms with E-state index in [4.69, 9.17) is 10.5 Å². The molecule has 0 saturated carbocycles. The van der Waals surface area contributed by atoms with Gasteiger partial charge in [0, 0.05) is 7.11 Å². The molecule has 0 aromatic heterocycles. The zero-order valence-corrected chi connectivity index (χ0v) is 14.1. The first-order valence-corrected chi connectivity index (χ1v) is 7.07. The Kier molecular flexibility index (Phi) is 9.26. The maximum atomic E-state index is 11.8. The van der Waals surface area contributed by atoms with Crippen LogP contribution in [0.3, 0.4) is 0 Å². The van der Waals surface area contributed by atoms with Gasteiger partial charge in [0.1, 0.15) is 6.04 Å². The molecule has 0 radical (unpaired) electrons. The van der Waals surface area contributed by atoms with Gasteiger partial charge in [0.25, 0.3) is 0 Å². The first-order valence-electron chi connectivity index (χ1n) is 7.07. The Labute approximate surface area is 133 Å². The second-order valence-corrected chi connectivity index (χ2v) is 5.63. The van der Waals surface area contributed by atoms with Crippen LogP contribution in [0.4, 0.5) is 0 Å². The van der Waals surface area contributed by atoms with Crippen molar-refractivity contribution in [2.24, 2.45) is 11.7 Å². The summed E-state index contributed by atoms with van der Waals surface area (Å²) in [6.45, 7) is 6.59. The maximum absolute atomic E-state index is 11.8. The molecule has 1 aromatic carbocycles. The average molecular weight is 315 g/mol. The zero-order valence-electron chi connectivity index (χ0n) is 13.3. The van der Waals surface area contributed by atoms with Gasteiger partial charge >= 0.3 is 0 Å². The monoisotopic (exact) mass is 314 g/mol. The second-order valence-electron chi connectivity index (χ2n) is 5.63. The minimum Gasteiger partial charge on any atom is -0.383 e. The third kappa shape index (κ3) is 6.93. The van der Waals surface area contributed by atoms with E-state index in [1.807, 2.05) is 6.92 Å². The van der Waals surface area contributed by atoms with Gasteiger partial charge in [-0.1, -0.05) is 38.1 Å². The Hall–Kier alpha value is -1.10. The molecule has 3 N–H and O–H groups in total. The van der Waals surface area contributed by atoms with Crippen molar-refractivity contribution < 1.29 is 9.53 Å². The number of methoxy groups -OCH3 is 1. The maximum Gasteiger partial charge on any atom is 0.239 e. The van der Waals surface area contributed by atoms with Gasteiger partial charge in [-0.05, 0) is 30.4 Å². The van der Waals surface area contributed by atoms with Crippen molar-refractivity contribution in [1.29, 1.82) is 0 Å². The quantitative estimate of drug-likeness (QED) is 0.812. The molecule has 2 unspecified atom stereocenters. The van der Waals surface area contributed by atoms with Crippen LogP contribution in [0.5, 0.6) is 0 Å². The van der Waals surface area contributed by atoms with Crippen molar-refractivity contribution in [2.45, 2.75) is 39.3 Å². The largest absolute Gasteiger partial charge is 0.383 e. The van der Waals surface area contributed by atoms with Gasteiger partial charge in [-0.15, -0.1) is 12.4 Å². The summed E-state index contributed by atoms with van der Waals surface area (Å²) in [5.74, 6) is 0.454. The van der Waals surface area contributed by atoms with Crippen LogP contribution in [-0.4, -0.2) is 25.7 Å². The van der Waals surface area contributed by atoms with E-state index in [0.717, 1.165) is 12.0 Å². The highest BCUT2D eigenvalue weighted by atomic mass is 35.5. The molecule has 1 aromatic rings. The summed E-state index contributed by atoms with van der Waals surface area (Å²) in [4.78, 5) is 11.8. The summed E-state index contributed by atoms with van der Waals surface area (Å²) >= 11 is 0. The fourth-order valence-corrected chi connectivity index (χ4v) is 2.07. The lowest BCUT2D eigenvalue weighted by molar-refractivity contribution is -0.124. The number of rotatable bonds is 7. The highest BCUT2D eigenvalue weighted by Crippen LogP contribution is 2.15. The molecule has 120 valence electrons. The molecule has 5 heteroatoms. The number of amides is 1. The lowest BCUT2D eigenvalue weighted by Crippen LogP contribution is -2.44. The first kappa shape index (κ1) is 19.9. The minimum absolute atomic E-state index is 0. The Balaban J connectivity index is 0.00000400. The number of halogens is 1. The van der Waals surface area contributed by atoms with Gasteiger partial charge in [-0.3, -0.25) is 4.79 Å². The lowest BCUT2D eigenvalue weighted by Gasteiger charge is -2.18. The number of benzene rings is 1. The van der Waals surface area contributed by atoms with E-state index in [-0.39, 0.29) is 31.0 Å². The van der Waals surface area contributed by atoms with Crippen molar-refractivity contribution in [3.05, 3.63) is 35.4 Å². The van der Waals surface area contributed by atoms with Crippen molar-refractivity contribution in [2.75, 3.05) is 13.7 Å². The Morgan fingerprint density at radius 2 is 1.81 bits per heavy atom. The standard InChI is InChI=1S/C16H26N2O2.ClH/c1-11(2)9-13-5-7-14(8-6-13)12(3)18-16(19)15(17)10-20-4;/h5-8,11-12,15H,9-10,17H2,1-4H3,(H,18,19);1H. The summed E-state index contributed by atoms with van der Waals surface area (Å²) in [5.41, 5.74) is 8.09. The van der Waals surface area contributed by atoms with Crippen LogP contribution in [0.1, 0.15) is 37.9 Å². The Bertz CT molecular complexity index is 421. The van der Waals surface area contributed by atoms with Gasteiger partial charge < -0.3 is 15.8 Å². The number of carbonyl (C=O) groups excluding carboxylic acids is 1. The number of carbonyl (C=O) groups is 1. The predicted molar refractivity (Wildman–Crippen MR) is 88.6 cm³/mol. The summed E-state index contributed by atoms with van der Waals surface area (Å²) < 4.78 is 4.88. The van der Waals surface area contributed by atoms with Gasteiger partial charge in [-0.2, -0.15) is 0 Å². The summed E-state index contributed by atoms with van der Waals surface area (Å²) in [6, 6.07) is 7.68. The number of nitrogens with one attached hydrogen (secondary N) is 1. The van der Waals surface area contributed by atoms with Crippen LogP contribution in [0.25, 0.3) is 0 Å². The normalized spacial score (nSPS) is 13.4. The summed E-state index contributed by atoms with van der Waals surface area (Å²) in [6.07, 6.45) is 1.07. The molecule has 1 rings (SSSR count). The topological polar surface area (TPSA) is 64.3 Å². The molecule has 0 aliphatic heterocycles. The van der Waals surface area contributed by atoms with Crippen LogP contribution >= 0.6 is 12.4 Å². The predicted octanol–water partition coefficient (Wildman–Crippen LogP) is 2.46. The van der Waals surface area contributed by atoms with Crippen LogP contribution in [0.15, 0.2) is 24.3 Å². The highest BCUT2D eigenvalue weighted by molar-refractivity contribution is 5.85. The molecular weight excluding hydrogens is 288 g/mol. The van der Waals surface area contributed by atoms with E-state index in [9.17, 15) is 4.79 Å². The van der Waals surface area contributed by atoms with E-state index in [1.165, 1.54) is 12.7 Å². The first-order chi connectivity index (χ1) is 9.43. The van der Waals surface area contributed by atoms with E-state index in [2.05, 4.69) is 43.4 Å². The molecule has 0 aliphatic carbocycles. The second kappa shape index (κ2) is 9.77. The molecule has 1 amide bonds. The SMILES string of the molecule is COCC(N)C(=O)NC(C)c1ccc(CC(C)C)cc1.Cl. The fourth-order valence-electron chi connectivity index (χ4n) is 2.07. The molecule has 0 aliphatic rings. The molecule has 0 fully saturated rings. The number of hydrogen-bond acceptors (Lipinski definition) is 3. The van der Waals surface area contributed by atoms with Crippen LogP contribution in [-0.2, 0) is 16.0 Å². The summed E-state index contributed by atoms with van der Waals surface area (Å²) in [5, 5.41) is 2.90. The van der Waals surface area contributed by atoms with Crippen molar-refractivity contribution in [3.63, 3.8) is 0 Å². The molecule has 0 heterocycles. The summed E-state index contributed by atoms with van der Waals surface area (Å²) in [7, 11) is 1.53. The van der Waals surface area contributed by atoms with Crippen molar-refractivity contribution in [1.82, 2.24) is 5.32 Å². The van der Waals surface area contributed by atoms with Crippen molar-refractivity contribution >= 4 is 18.3 Å². The number of ether oxygens (including phenoxy) is 1. The smallest absolute Gasteiger partial charge is 0.239 e. The molecule has 2 atom stereocenters. The van der Waals surface area contributed by atoms with Gasteiger partial charge in [-0.25, -0.2) is 0 Å². The van der Waals surface area contributed by atoms with Gasteiger partial charge in [0.15, 0.2) is 0 Å². The molecule has 21 heavy (non-hydrogen) atoms. The zero-order chi connectivity index (χ0) is 15.1. The molecule has 0 spiro atoms. The lowest BCUT2D eigenvalue weighted by atomic mass is 10.00. The molecule has 4 nitrogen and oxygen atoms in total. The van der Waals surface area contributed by atoms with Gasteiger partial charge in [0.05, 0.1) is 12.6 Å². The average Bonchev–Trinajstić information content (AvgIpc) is 2.39. The molecule has 0 bridgehead atoms. The van der Waals surface area contributed by atoms with Crippen LogP contribution < -0.4 is 11.1 Å². The van der Waals surface area contributed by atoms with Crippen molar-refractivity contribution in [3.8, 4) is 0 Å². The highest BCUT2D eigenvalue weighted by Gasteiger charge is 2.16. The number of nitrogens with two attached hydrogens (primary N) is 1.